The van der Waals surface area contributed by atoms with Crippen LogP contribution in [0.5, 0.6) is 0 Å². The molecule has 0 aromatic carbocycles. The average molecular weight is 335 g/mol. The van der Waals surface area contributed by atoms with Crippen LogP contribution in [0, 0.1) is 39.4 Å². The van der Waals surface area contributed by atoms with Crippen LogP contribution in [0.15, 0.2) is 0 Å². The highest BCUT2D eigenvalue weighted by atomic mass is 16.3. The van der Waals surface area contributed by atoms with Crippen molar-refractivity contribution in [2.45, 2.75) is 98.2 Å². The van der Waals surface area contributed by atoms with Crippen LogP contribution in [-0.4, -0.2) is 22.4 Å². The molecule has 0 saturated heterocycles. The van der Waals surface area contributed by atoms with Crippen LogP contribution in [0.2, 0.25) is 0 Å². The minimum Gasteiger partial charge on any atom is -0.393 e. The number of rotatable bonds is 0. The molecule has 0 radical (unpaired) electrons. The van der Waals surface area contributed by atoms with Gasteiger partial charge in [-0.2, -0.15) is 0 Å². The highest BCUT2D eigenvalue weighted by molar-refractivity contribution is 5.18. The molecule has 0 spiro atoms. The molecule has 4 saturated carbocycles. The third-order valence-electron chi connectivity index (χ3n) is 10.1. The van der Waals surface area contributed by atoms with E-state index in [-0.39, 0.29) is 29.0 Å². The molecule has 4 fully saturated rings. The van der Waals surface area contributed by atoms with Gasteiger partial charge in [0.05, 0.1) is 12.2 Å². The Morgan fingerprint density at radius 2 is 1.38 bits per heavy atom. The Morgan fingerprint density at radius 3 is 2.08 bits per heavy atom. The van der Waals surface area contributed by atoms with Gasteiger partial charge < -0.3 is 10.2 Å². The first-order valence-corrected chi connectivity index (χ1v) is 10.4. The molecule has 0 heterocycles. The summed E-state index contributed by atoms with van der Waals surface area (Å²) in [7, 11) is 0. The molecule has 0 amide bonds. The highest BCUT2D eigenvalue weighted by Gasteiger charge is 2.69. The van der Waals surface area contributed by atoms with Gasteiger partial charge in [-0.1, -0.05) is 41.0 Å². The molecule has 0 aliphatic heterocycles. The molecule has 4 aliphatic rings. The topological polar surface area (TPSA) is 40.5 Å². The zero-order valence-corrected chi connectivity index (χ0v) is 16.4. The van der Waals surface area contributed by atoms with Gasteiger partial charge >= 0.3 is 0 Å². The van der Waals surface area contributed by atoms with Crippen molar-refractivity contribution in [1.29, 1.82) is 0 Å². The van der Waals surface area contributed by atoms with Crippen LogP contribution in [0.25, 0.3) is 0 Å². The fraction of sp³-hybridized carbons (Fsp3) is 1.00. The molecular formula is C22H38O2. The zero-order valence-electron chi connectivity index (χ0n) is 16.4. The average Bonchev–Trinajstić information content (AvgIpc) is 2.79. The lowest BCUT2D eigenvalue weighted by atomic mass is 9.35. The smallest absolute Gasteiger partial charge is 0.0601 e. The molecular weight excluding hydrogens is 296 g/mol. The molecule has 2 heteroatoms. The number of aliphatic hydroxyl groups is 2. The van der Waals surface area contributed by atoms with Crippen molar-refractivity contribution in [2.24, 2.45) is 39.4 Å². The second-order valence-electron chi connectivity index (χ2n) is 11.3. The maximum absolute atomic E-state index is 11.0. The molecule has 4 aliphatic carbocycles. The first kappa shape index (κ1) is 17.3. The van der Waals surface area contributed by atoms with Crippen molar-refractivity contribution < 1.29 is 10.2 Å². The Balaban J connectivity index is 1.79. The van der Waals surface area contributed by atoms with Gasteiger partial charge in [0.2, 0.25) is 0 Å². The van der Waals surface area contributed by atoms with Crippen molar-refractivity contribution in [3.05, 3.63) is 0 Å². The third kappa shape index (κ3) is 1.91. The SMILES string of the molecule is CC1(C)CCC[C@]2(C)[C@H]3C[C@@H](O)[C@@H]4[C@@H](O)CC[C@@]4(C)[C@]3(C)CC[C@@H]12. The Kier molecular flexibility index (Phi) is 3.61. The minimum atomic E-state index is -0.314. The molecule has 0 unspecified atom stereocenters. The fourth-order valence-corrected chi connectivity index (χ4v) is 8.82. The van der Waals surface area contributed by atoms with Crippen molar-refractivity contribution in [3.8, 4) is 0 Å². The summed E-state index contributed by atoms with van der Waals surface area (Å²) in [6, 6.07) is 0. The second kappa shape index (κ2) is 5.00. The van der Waals surface area contributed by atoms with Crippen molar-refractivity contribution >= 4 is 0 Å². The van der Waals surface area contributed by atoms with E-state index in [0.717, 1.165) is 25.2 Å². The first-order valence-electron chi connectivity index (χ1n) is 10.4. The van der Waals surface area contributed by atoms with Gasteiger partial charge in [-0.25, -0.2) is 0 Å². The van der Waals surface area contributed by atoms with Crippen molar-refractivity contribution in [1.82, 2.24) is 0 Å². The summed E-state index contributed by atoms with van der Waals surface area (Å²) in [5, 5.41) is 21.6. The van der Waals surface area contributed by atoms with Crippen molar-refractivity contribution in [3.63, 3.8) is 0 Å². The van der Waals surface area contributed by atoms with Gasteiger partial charge in [-0.3, -0.25) is 0 Å². The number of aliphatic hydroxyl groups excluding tert-OH is 2. The highest BCUT2D eigenvalue weighted by Crippen LogP contribution is 2.74. The zero-order chi connectivity index (χ0) is 17.5. The molecule has 138 valence electrons. The monoisotopic (exact) mass is 334 g/mol. The lowest BCUT2D eigenvalue weighted by molar-refractivity contribution is -0.231. The number of fused-ring (bicyclic) bond motifs is 5. The number of hydrogen-bond donors (Lipinski definition) is 2. The van der Waals surface area contributed by atoms with Gasteiger partial charge in [0, 0.05) is 5.92 Å². The van der Waals surface area contributed by atoms with Gasteiger partial charge in [0.25, 0.3) is 0 Å². The summed E-state index contributed by atoms with van der Waals surface area (Å²) in [6.07, 6.45) is 8.93. The maximum atomic E-state index is 11.0. The Bertz CT molecular complexity index is 528. The molecule has 0 aromatic rings. The second-order valence-corrected chi connectivity index (χ2v) is 11.3. The molecule has 4 rings (SSSR count). The quantitative estimate of drug-likeness (QED) is 0.669. The van der Waals surface area contributed by atoms with E-state index >= 15 is 0 Å². The van der Waals surface area contributed by atoms with E-state index in [1.165, 1.54) is 32.1 Å². The van der Waals surface area contributed by atoms with E-state index in [1.807, 2.05) is 0 Å². The Hall–Kier alpha value is -0.0800. The molecule has 0 aromatic heterocycles. The largest absolute Gasteiger partial charge is 0.393 e. The van der Waals surface area contributed by atoms with E-state index in [0.29, 0.717) is 16.7 Å². The molecule has 2 nitrogen and oxygen atoms in total. The molecule has 8 atom stereocenters. The Morgan fingerprint density at radius 1 is 0.708 bits per heavy atom. The lowest BCUT2D eigenvalue weighted by Crippen LogP contribution is -2.65. The summed E-state index contributed by atoms with van der Waals surface area (Å²) in [5.41, 5.74) is 1.17. The van der Waals surface area contributed by atoms with Crippen LogP contribution in [0.1, 0.15) is 86.0 Å². The standard InChI is InChI=1S/C22H38O2/c1-19(2)9-6-10-20(3)16(19)8-12-21(4)17(20)13-15(24)18-14(23)7-11-22(18,21)5/h14-18,23-24H,6-13H2,1-5H3/t14-,15+,16-,17+,18-,20-,21+,22+/m0/s1. The van der Waals surface area contributed by atoms with E-state index < -0.39 is 0 Å². The minimum absolute atomic E-state index is 0.0931. The van der Waals surface area contributed by atoms with Crippen LogP contribution in [-0.2, 0) is 0 Å². The lowest BCUT2D eigenvalue weighted by Gasteiger charge is -2.69. The summed E-state index contributed by atoms with van der Waals surface area (Å²) in [6.45, 7) is 12.5. The third-order valence-corrected chi connectivity index (χ3v) is 10.1. The van der Waals surface area contributed by atoms with E-state index in [4.69, 9.17) is 0 Å². The summed E-state index contributed by atoms with van der Waals surface area (Å²) in [4.78, 5) is 0. The molecule has 0 bridgehead atoms. The fourth-order valence-electron chi connectivity index (χ4n) is 8.82. The number of hydrogen-bond acceptors (Lipinski definition) is 2. The normalized spacial score (nSPS) is 59.4. The molecule has 2 N–H and O–H groups in total. The van der Waals surface area contributed by atoms with Gasteiger partial charge in [-0.15, -0.1) is 0 Å². The predicted molar refractivity (Wildman–Crippen MR) is 97.5 cm³/mol. The summed E-state index contributed by atoms with van der Waals surface area (Å²) < 4.78 is 0. The van der Waals surface area contributed by atoms with Crippen LogP contribution in [0.4, 0.5) is 0 Å². The van der Waals surface area contributed by atoms with Crippen LogP contribution in [0.3, 0.4) is 0 Å². The van der Waals surface area contributed by atoms with Gasteiger partial charge in [-0.05, 0) is 78.4 Å². The van der Waals surface area contributed by atoms with E-state index in [9.17, 15) is 10.2 Å². The van der Waals surface area contributed by atoms with Gasteiger partial charge in [0.15, 0.2) is 0 Å². The summed E-state index contributed by atoms with van der Waals surface area (Å²) in [5.74, 6) is 1.48. The predicted octanol–water partition coefficient (Wildman–Crippen LogP) is 4.78. The first-order chi connectivity index (χ1) is 11.1. The van der Waals surface area contributed by atoms with Crippen molar-refractivity contribution in [2.75, 3.05) is 0 Å². The maximum Gasteiger partial charge on any atom is 0.0601 e. The van der Waals surface area contributed by atoms with E-state index in [2.05, 4.69) is 34.6 Å². The van der Waals surface area contributed by atoms with Crippen LogP contribution >= 0.6 is 0 Å². The van der Waals surface area contributed by atoms with E-state index in [1.54, 1.807) is 0 Å². The van der Waals surface area contributed by atoms with Crippen LogP contribution < -0.4 is 0 Å². The summed E-state index contributed by atoms with van der Waals surface area (Å²) >= 11 is 0. The molecule has 24 heavy (non-hydrogen) atoms. The Labute approximate surface area is 148 Å². The van der Waals surface area contributed by atoms with Gasteiger partial charge in [0.1, 0.15) is 0 Å².